The Labute approximate surface area is 235 Å². The van der Waals surface area contributed by atoms with E-state index in [2.05, 4.69) is 0 Å². The number of phenols is 1. The van der Waals surface area contributed by atoms with Gasteiger partial charge in [-0.3, -0.25) is 4.79 Å². The van der Waals surface area contributed by atoms with E-state index in [0.29, 0.717) is 11.1 Å². The van der Waals surface area contributed by atoms with Gasteiger partial charge >= 0.3 is 5.97 Å². The zero-order valence-electron chi connectivity index (χ0n) is 22.7. The summed E-state index contributed by atoms with van der Waals surface area (Å²) in [5.74, 6) is -0.262. The number of esters is 1. The number of carbonyl (C=O) groups excluding carboxylic acids is 1. The largest absolute Gasteiger partial charge is 0.504 e. The summed E-state index contributed by atoms with van der Waals surface area (Å²) >= 11 is 0. The fraction of sp³-hybridized carbons (Fsp3) is 0.536. The molecule has 5 rings (SSSR count). The normalized spacial score (nSPS) is 34.6. The van der Waals surface area contributed by atoms with Crippen molar-refractivity contribution >= 4 is 5.97 Å². The molecule has 0 aromatic heterocycles. The van der Waals surface area contributed by atoms with E-state index in [0.717, 1.165) is 0 Å². The van der Waals surface area contributed by atoms with Crippen molar-refractivity contribution in [3.05, 3.63) is 47.5 Å². The molecule has 0 unspecified atom stereocenters. The van der Waals surface area contributed by atoms with Gasteiger partial charge in [0.25, 0.3) is 0 Å². The molecule has 0 bridgehead atoms. The van der Waals surface area contributed by atoms with E-state index in [1.165, 1.54) is 27.2 Å². The highest BCUT2D eigenvalue weighted by molar-refractivity contribution is 5.67. The van der Waals surface area contributed by atoms with Crippen molar-refractivity contribution in [2.75, 3.05) is 34.0 Å². The number of aliphatic hydroxyl groups is 4. The number of hydrogen-bond acceptors (Lipinski definition) is 13. The van der Waals surface area contributed by atoms with Crippen LogP contribution in [-0.4, -0.2) is 102 Å². The maximum absolute atomic E-state index is 12.3. The third-order valence-electron chi connectivity index (χ3n) is 7.82. The molecule has 13 heteroatoms. The number of carbonyl (C=O) groups is 1. The minimum atomic E-state index is -1.60. The van der Waals surface area contributed by atoms with Gasteiger partial charge in [0, 0.05) is 6.92 Å². The van der Waals surface area contributed by atoms with Gasteiger partial charge < -0.3 is 58.7 Å². The zero-order valence-corrected chi connectivity index (χ0v) is 22.7. The monoisotopic (exact) mass is 578 g/mol. The average Bonchev–Trinajstić information content (AvgIpc) is 3.49. The van der Waals surface area contributed by atoms with Gasteiger partial charge in [0.15, 0.2) is 28.6 Å². The van der Waals surface area contributed by atoms with Crippen molar-refractivity contribution in [1.29, 1.82) is 0 Å². The third kappa shape index (κ3) is 5.18. The molecule has 224 valence electrons. The molecule has 0 aliphatic carbocycles. The van der Waals surface area contributed by atoms with E-state index in [1.54, 1.807) is 30.3 Å². The van der Waals surface area contributed by atoms with Gasteiger partial charge in [0.2, 0.25) is 6.29 Å². The quantitative estimate of drug-likeness (QED) is 0.271. The van der Waals surface area contributed by atoms with Crippen LogP contribution in [0.2, 0.25) is 0 Å². The van der Waals surface area contributed by atoms with Crippen LogP contribution in [0.3, 0.4) is 0 Å². The van der Waals surface area contributed by atoms with E-state index < -0.39 is 67.0 Å². The molecule has 2 aromatic rings. The molecular formula is C28H34O13. The molecule has 3 heterocycles. The number of aromatic hydroxyl groups is 1. The van der Waals surface area contributed by atoms with E-state index in [1.807, 2.05) is 0 Å². The van der Waals surface area contributed by atoms with Gasteiger partial charge in [0.1, 0.15) is 30.5 Å². The van der Waals surface area contributed by atoms with Crippen molar-refractivity contribution in [1.82, 2.24) is 0 Å². The molecule has 0 amide bonds. The standard InChI is InChI=1S/C28H34O13/c1-13(30)41-28-12-38-25(16(28)11-37-26(28)15-4-6-17(31)19(9-15)35-2)14-5-7-18(20(8-14)36-3)39-27-24(34)23(33)22(32)21(10-29)40-27/h4-9,16,21-27,29,31-34H,10-12H2,1-3H3/t16-,21-,22-,23+,24-,25-,26-,27-,28-/m1/s1. The Balaban J connectivity index is 1.41. The summed E-state index contributed by atoms with van der Waals surface area (Å²) in [6, 6.07) is 9.76. The van der Waals surface area contributed by atoms with Crippen LogP contribution in [0, 0.1) is 5.92 Å². The van der Waals surface area contributed by atoms with Crippen LogP contribution in [0.5, 0.6) is 23.0 Å². The Kier molecular flexibility index (Phi) is 8.30. The maximum Gasteiger partial charge on any atom is 0.303 e. The predicted molar refractivity (Wildman–Crippen MR) is 137 cm³/mol. The number of ether oxygens (including phenoxy) is 7. The minimum Gasteiger partial charge on any atom is -0.504 e. The summed E-state index contributed by atoms with van der Waals surface area (Å²) < 4.78 is 40.3. The molecule has 3 aliphatic rings. The summed E-state index contributed by atoms with van der Waals surface area (Å²) in [6.45, 7) is 0.976. The van der Waals surface area contributed by atoms with E-state index in [-0.39, 0.29) is 36.2 Å². The van der Waals surface area contributed by atoms with Crippen molar-refractivity contribution in [2.24, 2.45) is 5.92 Å². The Morgan fingerprint density at radius 2 is 1.66 bits per heavy atom. The maximum atomic E-state index is 12.3. The zero-order chi connectivity index (χ0) is 29.5. The number of fused-ring (bicyclic) bond motifs is 1. The number of hydrogen-bond donors (Lipinski definition) is 5. The summed E-state index contributed by atoms with van der Waals surface area (Å²) in [5, 5.41) is 50.0. The lowest BCUT2D eigenvalue weighted by Crippen LogP contribution is -2.60. The van der Waals surface area contributed by atoms with E-state index in [9.17, 15) is 30.3 Å². The van der Waals surface area contributed by atoms with Gasteiger partial charge in [-0.2, -0.15) is 0 Å². The Morgan fingerprint density at radius 3 is 2.34 bits per heavy atom. The second-order valence-electron chi connectivity index (χ2n) is 10.3. The van der Waals surface area contributed by atoms with Crippen LogP contribution in [-0.2, 0) is 23.7 Å². The molecule has 3 fully saturated rings. The molecular weight excluding hydrogens is 544 g/mol. The molecule has 0 radical (unpaired) electrons. The molecule has 3 aliphatic heterocycles. The van der Waals surface area contributed by atoms with Crippen LogP contribution in [0.15, 0.2) is 36.4 Å². The average molecular weight is 579 g/mol. The fourth-order valence-corrected chi connectivity index (χ4v) is 5.78. The molecule has 0 saturated carbocycles. The second kappa shape index (κ2) is 11.6. The molecule has 13 nitrogen and oxygen atoms in total. The molecule has 41 heavy (non-hydrogen) atoms. The van der Waals surface area contributed by atoms with Crippen molar-refractivity contribution < 1.29 is 63.5 Å². The fourth-order valence-electron chi connectivity index (χ4n) is 5.78. The summed E-state index contributed by atoms with van der Waals surface area (Å²) in [6.07, 6.45) is -8.48. The highest BCUT2D eigenvalue weighted by Gasteiger charge is 2.63. The Hall–Kier alpha value is -3.17. The first-order valence-electron chi connectivity index (χ1n) is 13.1. The van der Waals surface area contributed by atoms with Crippen molar-refractivity contribution in [3.8, 4) is 23.0 Å². The summed E-state index contributed by atoms with van der Waals surface area (Å²) in [5.41, 5.74) is 0.167. The minimum absolute atomic E-state index is 0.0361. The van der Waals surface area contributed by atoms with Crippen LogP contribution in [0.1, 0.15) is 30.3 Å². The summed E-state index contributed by atoms with van der Waals surface area (Å²) in [7, 11) is 2.86. The highest BCUT2D eigenvalue weighted by atomic mass is 16.7. The summed E-state index contributed by atoms with van der Waals surface area (Å²) in [4.78, 5) is 12.3. The van der Waals surface area contributed by atoms with Crippen LogP contribution in [0.25, 0.3) is 0 Å². The van der Waals surface area contributed by atoms with Gasteiger partial charge in [-0.25, -0.2) is 0 Å². The van der Waals surface area contributed by atoms with Gasteiger partial charge in [-0.1, -0.05) is 12.1 Å². The van der Waals surface area contributed by atoms with Crippen molar-refractivity contribution in [3.63, 3.8) is 0 Å². The molecule has 9 atom stereocenters. The van der Waals surface area contributed by atoms with E-state index in [4.69, 9.17) is 33.2 Å². The number of phenolic OH excluding ortho intramolecular Hbond substituents is 1. The first-order valence-corrected chi connectivity index (χ1v) is 13.1. The first-order chi connectivity index (χ1) is 19.6. The van der Waals surface area contributed by atoms with Crippen molar-refractivity contribution in [2.45, 2.75) is 55.4 Å². The molecule has 0 spiro atoms. The number of benzene rings is 2. The van der Waals surface area contributed by atoms with E-state index >= 15 is 0 Å². The lowest BCUT2D eigenvalue weighted by atomic mass is 9.80. The number of aliphatic hydroxyl groups excluding tert-OH is 4. The predicted octanol–water partition coefficient (Wildman–Crippen LogP) is 0.349. The third-order valence-corrected chi connectivity index (χ3v) is 7.82. The lowest BCUT2D eigenvalue weighted by molar-refractivity contribution is -0.277. The number of methoxy groups -OCH3 is 2. The SMILES string of the molecule is COc1cc([C@H]2OC[C@@H]3[C@@H](c4ccc(O[C@@H]5O[C@H](CO)[C@@H](O)[C@H](O)[C@H]5O)c(OC)c4)OC[C@]23OC(C)=O)ccc1O. The second-order valence-corrected chi connectivity index (χ2v) is 10.3. The first kappa shape index (κ1) is 29.3. The Morgan fingerprint density at radius 1 is 0.951 bits per heavy atom. The van der Waals surface area contributed by atoms with Gasteiger partial charge in [-0.05, 0) is 35.4 Å². The molecule has 2 aromatic carbocycles. The van der Waals surface area contributed by atoms with Gasteiger partial charge in [0.05, 0.1) is 46.1 Å². The Bertz CT molecular complexity index is 1250. The lowest BCUT2D eigenvalue weighted by Gasteiger charge is -2.39. The van der Waals surface area contributed by atoms with Gasteiger partial charge in [-0.15, -0.1) is 0 Å². The molecule has 3 saturated heterocycles. The van der Waals surface area contributed by atoms with Crippen LogP contribution in [0.4, 0.5) is 0 Å². The topological polar surface area (TPSA) is 183 Å². The highest BCUT2D eigenvalue weighted by Crippen LogP contribution is 2.56. The molecule has 5 N–H and O–H groups in total. The van der Waals surface area contributed by atoms with Crippen LogP contribution >= 0.6 is 0 Å². The number of rotatable bonds is 8. The smallest absolute Gasteiger partial charge is 0.303 e. The van der Waals surface area contributed by atoms with Crippen LogP contribution < -0.4 is 14.2 Å².